The van der Waals surface area contributed by atoms with Gasteiger partial charge in [-0.1, -0.05) is 6.07 Å². The van der Waals surface area contributed by atoms with E-state index in [9.17, 15) is 9.59 Å². The van der Waals surface area contributed by atoms with Crippen LogP contribution in [0.15, 0.2) is 48.5 Å². The Balaban J connectivity index is 1.16. The van der Waals surface area contributed by atoms with Gasteiger partial charge >= 0.3 is 0 Å². The molecule has 0 radical (unpaired) electrons. The zero-order valence-corrected chi connectivity index (χ0v) is 21.0. The number of hydrogen-bond donors (Lipinski definition) is 3. The number of ether oxygens (including phenoxy) is 2. The Hall–Kier alpha value is -4.60. The maximum atomic E-state index is 13.0. The highest BCUT2D eigenvalue weighted by Gasteiger charge is 2.65. The van der Waals surface area contributed by atoms with Crippen molar-refractivity contribution in [2.75, 3.05) is 36.3 Å². The molecule has 2 atom stereocenters. The molecule has 1 spiro atoms. The molecule has 2 aliphatic heterocycles. The number of carbonyl (C=O) groups is 2. The average molecular weight is 511 g/mol. The van der Waals surface area contributed by atoms with Gasteiger partial charge in [0.1, 0.15) is 17.3 Å². The molecule has 0 bridgehead atoms. The predicted octanol–water partition coefficient (Wildman–Crippen LogP) is 4.22. The molecular weight excluding hydrogens is 484 g/mol. The summed E-state index contributed by atoms with van der Waals surface area (Å²) in [6.07, 6.45) is 2.12. The highest BCUT2D eigenvalue weighted by molar-refractivity contribution is 6.10. The summed E-state index contributed by atoms with van der Waals surface area (Å²) in [5.74, 6) is 2.54. The number of rotatable bonds is 6. The van der Waals surface area contributed by atoms with Crippen molar-refractivity contribution in [1.82, 2.24) is 15.2 Å². The van der Waals surface area contributed by atoms with Gasteiger partial charge in [-0.15, -0.1) is 0 Å². The molecule has 4 heterocycles. The molecule has 2 fully saturated rings. The van der Waals surface area contributed by atoms with Gasteiger partial charge < -0.3 is 20.1 Å². The van der Waals surface area contributed by atoms with Crippen LogP contribution in [0.3, 0.4) is 0 Å². The third-order valence-corrected chi connectivity index (χ3v) is 7.95. The summed E-state index contributed by atoms with van der Waals surface area (Å²) in [4.78, 5) is 31.4. The molecule has 1 saturated heterocycles. The molecule has 1 aliphatic carbocycles. The minimum Gasteiger partial charge on any atom is -0.497 e. The van der Waals surface area contributed by atoms with Gasteiger partial charge in [-0.05, 0) is 66.4 Å². The quantitative estimate of drug-likeness (QED) is 0.355. The van der Waals surface area contributed by atoms with Crippen LogP contribution in [-0.4, -0.2) is 47.8 Å². The minimum atomic E-state index is -0.559. The number of methoxy groups -OCH3 is 2. The zero-order valence-electron chi connectivity index (χ0n) is 21.0. The molecular formula is C28H26N6O4. The summed E-state index contributed by atoms with van der Waals surface area (Å²) in [5, 5.41) is 14.8. The Bertz CT molecular complexity index is 1630. The van der Waals surface area contributed by atoms with Crippen molar-refractivity contribution >= 4 is 45.7 Å². The fourth-order valence-electron chi connectivity index (χ4n) is 5.90. The number of anilines is 4. The van der Waals surface area contributed by atoms with E-state index in [0.29, 0.717) is 36.2 Å². The van der Waals surface area contributed by atoms with Gasteiger partial charge in [0.05, 0.1) is 25.2 Å². The van der Waals surface area contributed by atoms with E-state index in [1.54, 1.807) is 19.1 Å². The number of pyridine rings is 1. The van der Waals surface area contributed by atoms with Crippen LogP contribution in [0.4, 0.5) is 23.0 Å². The Morgan fingerprint density at radius 2 is 1.97 bits per heavy atom. The van der Waals surface area contributed by atoms with Crippen LogP contribution < -0.4 is 25.0 Å². The molecule has 192 valence electrons. The van der Waals surface area contributed by atoms with Crippen LogP contribution in [0, 0.1) is 0 Å². The maximum absolute atomic E-state index is 13.0. The van der Waals surface area contributed by atoms with E-state index >= 15 is 0 Å². The number of H-pyrrole nitrogens is 1. The lowest BCUT2D eigenvalue weighted by molar-refractivity contribution is -0.118. The second kappa shape index (κ2) is 8.20. The smallest absolute Gasteiger partial charge is 0.239 e. The first-order valence-corrected chi connectivity index (χ1v) is 12.6. The van der Waals surface area contributed by atoms with E-state index in [-0.39, 0.29) is 17.7 Å². The SMILES string of the molecule is COc1ccc2c(c1)[C@]1(C[C@H]1c1ccc3c(Nc4ccc(N5CCCC5=O)nc4OC)n[nH]c3c1)C(=O)N2. The Morgan fingerprint density at radius 1 is 1.08 bits per heavy atom. The number of hydrogen-bond acceptors (Lipinski definition) is 7. The first-order chi connectivity index (χ1) is 18.5. The van der Waals surface area contributed by atoms with Crippen LogP contribution in [0.25, 0.3) is 10.9 Å². The van der Waals surface area contributed by atoms with Gasteiger partial charge in [-0.25, -0.2) is 0 Å². The molecule has 10 nitrogen and oxygen atoms in total. The second-order valence-electron chi connectivity index (χ2n) is 9.97. The van der Waals surface area contributed by atoms with Crippen molar-refractivity contribution in [3.8, 4) is 11.6 Å². The summed E-state index contributed by atoms with van der Waals surface area (Å²) in [6, 6.07) is 15.5. The topological polar surface area (TPSA) is 121 Å². The molecule has 4 aromatic rings. The predicted molar refractivity (Wildman–Crippen MR) is 142 cm³/mol. The minimum absolute atomic E-state index is 0.0384. The van der Waals surface area contributed by atoms with Gasteiger partial charge in [-0.2, -0.15) is 10.1 Å². The summed E-state index contributed by atoms with van der Waals surface area (Å²) >= 11 is 0. The molecule has 1 saturated carbocycles. The lowest BCUT2D eigenvalue weighted by Crippen LogP contribution is -2.24. The van der Waals surface area contributed by atoms with Crippen LogP contribution >= 0.6 is 0 Å². The van der Waals surface area contributed by atoms with E-state index in [2.05, 4.69) is 37.9 Å². The first-order valence-electron chi connectivity index (χ1n) is 12.6. The van der Waals surface area contributed by atoms with Crippen LogP contribution in [0.1, 0.15) is 36.3 Å². The number of benzene rings is 2. The van der Waals surface area contributed by atoms with Crippen LogP contribution in [0.5, 0.6) is 11.6 Å². The van der Waals surface area contributed by atoms with Gasteiger partial charge in [0.15, 0.2) is 5.82 Å². The van der Waals surface area contributed by atoms with E-state index in [4.69, 9.17) is 9.47 Å². The van der Waals surface area contributed by atoms with E-state index in [0.717, 1.165) is 46.3 Å². The summed E-state index contributed by atoms with van der Waals surface area (Å²) in [6.45, 7) is 0.664. The fraction of sp³-hybridized carbons (Fsp3) is 0.286. The third kappa shape index (κ3) is 3.26. The number of carbonyl (C=O) groups excluding carboxylic acids is 2. The Kier molecular flexibility index (Phi) is 4.88. The lowest BCUT2D eigenvalue weighted by atomic mass is 9.91. The molecule has 3 N–H and O–H groups in total. The summed E-state index contributed by atoms with van der Waals surface area (Å²) in [7, 11) is 3.19. The van der Waals surface area contributed by atoms with Gasteiger partial charge in [0, 0.05) is 30.0 Å². The van der Waals surface area contributed by atoms with Crippen molar-refractivity contribution in [2.45, 2.75) is 30.6 Å². The molecule has 2 aromatic carbocycles. The average Bonchev–Trinajstić information content (AvgIpc) is 3.18. The molecule has 38 heavy (non-hydrogen) atoms. The zero-order chi connectivity index (χ0) is 26.0. The normalized spacial score (nSPS) is 21.6. The molecule has 2 aromatic heterocycles. The maximum Gasteiger partial charge on any atom is 0.239 e. The van der Waals surface area contributed by atoms with Crippen molar-refractivity contribution in [1.29, 1.82) is 0 Å². The number of nitrogens with zero attached hydrogens (tertiary/aromatic N) is 3. The summed E-state index contributed by atoms with van der Waals surface area (Å²) < 4.78 is 10.9. The number of aromatic amines is 1. The van der Waals surface area contributed by atoms with E-state index < -0.39 is 5.41 Å². The van der Waals surface area contributed by atoms with E-state index in [1.165, 1.54) is 0 Å². The van der Waals surface area contributed by atoms with Crippen LogP contribution in [0.2, 0.25) is 0 Å². The Labute approximate surface area is 218 Å². The van der Waals surface area contributed by atoms with Crippen LogP contribution in [-0.2, 0) is 15.0 Å². The van der Waals surface area contributed by atoms with Gasteiger partial charge in [0.2, 0.25) is 17.7 Å². The largest absolute Gasteiger partial charge is 0.497 e. The second-order valence-corrected chi connectivity index (χ2v) is 9.97. The number of aromatic nitrogens is 3. The molecule has 3 aliphatic rings. The molecule has 2 amide bonds. The number of nitrogens with one attached hydrogen (secondary N) is 3. The number of fused-ring (bicyclic) bond motifs is 3. The molecule has 0 unspecified atom stereocenters. The first kappa shape index (κ1) is 22.6. The Morgan fingerprint density at radius 3 is 2.76 bits per heavy atom. The van der Waals surface area contributed by atoms with Crippen molar-refractivity contribution < 1.29 is 19.1 Å². The van der Waals surface area contributed by atoms with Crippen molar-refractivity contribution in [3.05, 3.63) is 59.7 Å². The fourth-order valence-corrected chi connectivity index (χ4v) is 5.90. The van der Waals surface area contributed by atoms with Crippen molar-refractivity contribution in [2.24, 2.45) is 0 Å². The molecule has 7 rings (SSSR count). The van der Waals surface area contributed by atoms with Gasteiger partial charge in [-0.3, -0.25) is 19.6 Å². The monoisotopic (exact) mass is 510 g/mol. The van der Waals surface area contributed by atoms with Gasteiger partial charge in [0.25, 0.3) is 0 Å². The lowest BCUT2D eigenvalue weighted by Gasteiger charge is -2.17. The standard InChI is InChI=1S/C28H26N6O4/c1-37-16-6-8-20-18(13-16)28(27(36)30-20)14-19(28)15-5-7-17-22(12-15)32-33-25(17)29-21-9-10-23(31-26(21)38-2)34-11-3-4-24(34)35/h5-10,12-13,19H,3-4,11,14H2,1-2H3,(H,30,36)(H2,29,32,33)/t19-,28-/m0/s1. The third-order valence-electron chi connectivity index (χ3n) is 7.95. The molecule has 10 heteroatoms. The van der Waals surface area contributed by atoms with E-state index in [1.807, 2.05) is 36.4 Å². The highest BCUT2D eigenvalue weighted by Crippen LogP contribution is 2.65. The summed E-state index contributed by atoms with van der Waals surface area (Å²) in [5.41, 5.74) is 3.89. The highest BCUT2D eigenvalue weighted by atomic mass is 16.5. The number of amides is 2. The van der Waals surface area contributed by atoms with Crippen molar-refractivity contribution in [3.63, 3.8) is 0 Å².